The van der Waals surface area contributed by atoms with Crippen LogP contribution in [0.2, 0.25) is 0 Å². The van der Waals surface area contributed by atoms with Crippen molar-refractivity contribution in [2.75, 3.05) is 20.1 Å². The first-order valence-electron chi connectivity index (χ1n) is 5.84. The van der Waals surface area contributed by atoms with Crippen molar-refractivity contribution < 1.29 is 4.39 Å². The Kier molecular flexibility index (Phi) is 3.56. The van der Waals surface area contributed by atoms with Gasteiger partial charge >= 0.3 is 0 Å². The van der Waals surface area contributed by atoms with E-state index in [0.29, 0.717) is 12.0 Å². The summed E-state index contributed by atoms with van der Waals surface area (Å²) in [6.45, 7) is 2.65. The molecule has 1 aromatic carbocycles. The topological polar surface area (TPSA) is 24.1 Å². The molecule has 1 aromatic rings. The molecule has 0 unspecified atom stereocenters. The zero-order chi connectivity index (χ0) is 11.4. The van der Waals surface area contributed by atoms with Gasteiger partial charge in [0.25, 0.3) is 0 Å². The molecule has 0 radical (unpaired) electrons. The number of benzene rings is 1. The molecule has 0 heterocycles. The van der Waals surface area contributed by atoms with Gasteiger partial charge in [0.15, 0.2) is 0 Å². The van der Waals surface area contributed by atoms with E-state index in [4.69, 9.17) is 0 Å². The van der Waals surface area contributed by atoms with Crippen molar-refractivity contribution in [1.82, 2.24) is 10.6 Å². The second kappa shape index (κ2) is 4.93. The van der Waals surface area contributed by atoms with E-state index in [0.717, 1.165) is 18.7 Å². The van der Waals surface area contributed by atoms with Crippen molar-refractivity contribution in [3.8, 4) is 0 Å². The molecule has 88 valence electrons. The van der Waals surface area contributed by atoms with E-state index in [-0.39, 0.29) is 5.82 Å². The molecule has 3 heteroatoms. The van der Waals surface area contributed by atoms with Crippen LogP contribution in [0.1, 0.15) is 18.4 Å². The highest BCUT2D eigenvalue weighted by atomic mass is 19.1. The zero-order valence-electron chi connectivity index (χ0n) is 9.72. The summed E-state index contributed by atoms with van der Waals surface area (Å²) in [4.78, 5) is 0. The van der Waals surface area contributed by atoms with Gasteiger partial charge in [-0.2, -0.15) is 0 Å². The smallest absolute Gasteiger partial charge is 0.127 e. The van der Waals surface area contributed by atoms with Crippen LogP contribution in [0, 0.1) is 11.2 Å². The van der Waals surface area contributed by atoms with Gasteiger partial charge in [-0.05, 0) is 31.4 Å². The van der Waals surface area contributed by atoms with Crippen LogP contribution in [0.15, 0.2) is 24.3 Å². The number of halogens is 1. The highest BCUT2D eigenvalue weighted by molar-refractivity contribution is 5.17. The Hall–Kier alpha value is -0.930. The third-order valence-corrected chi connectivity index (χ3v) is 3.28. The minimum absolute atomic E-state index is 0.117. The van der Waals surface area contributed by atoms with E-state index >= 15 is 0 Å². The Morgan fingerprint density at radius 1 is 1.25 bits per heavy atom. The Balaban J connectivity index is 1.78. The Morgan fingerprint density at radius 3 is 2.62 bits per heavy atom. The van der Waals surface area contributed by atoms with E-state index in [9.17, 15) is 4.39 Å². The van der Waals surface area contributed by atoms with Gasteiger partial charge < -0.3 is 10.6 Å². The van der Waals surface area contributed by atoms with E-state index in [1.165, 1.54) is 18.9 Å². The molecular formula is C13H19FN2. The third-order valence-electron chi connectivity index (χ3n) is 3.28. The monoisotopic (exact) mass is 222 g/mol. The second-order valence-corrected chi connectivity index (χ2v) is 4.73. The minimum Gasteiger partial charge on any atom is -0.319 e. The molecule has 0 aliphatic heterocycles. The van der Waals surface area contributed by atoms with Crippen molar-refractivity contribution in [2.45, 2.75) is 19.4 Å². The lowest BCUT2D eigenvalue weighted by Gasteiger charge is -2.15. The quantitative estimate of drug-likeness (QED) is 0.768. The van der Waals surface area contributed by atoms with Gasteiger partial charge in [0.2, 0.25) is 0 Å². The summed E-state index contributed by atoms with van der Waals surface area (Å²) in [5.41, 5.74) is 1.18. The highest BCUT2D eigenvalue weighted by Crippen LogP contribution is 2.44. The molecule has 16 heavy (non-hydrogen) atoms. The fraction of sp³-hybridized carbons (Fsp3) is 0.538. The SMILES string of the molecule is CNCC1(CNCc2ccccc2F)CC1. The molecule has 2 N–H and O–H groups in total. The van der Waals surface area contributed by atoms with Crippen molar-refractivity contribution in [3.63, 3.8) is 0 Å². The normalized spacial score (nSPS) is 17.4. The van der Waals surface area contributed by atoms with Crippen LogP contribution in [-0.4, -0.2) is 20.1 Å². The van der Waals surface area contributed by atoms with E-state index in [1.54, 1.807) is 6.07 Å². The molecule has 0 bridgehead atoms. The summed E-state index contributed by atoms with van der Waals surface area (Å²) < 4.78 is 13.3. The average molecular weight is 222 g/mol. The molecule has 0 amide bonds. The molecule has 0 spiro atoms. The Labute approximate surface area is 96.2 Å². The number of nitrogens with one attached hydrogen (secondary N) is 2. The van der Waals surface area contributed by atoms with Crippen LogP contribution in [0.4, 0.5) is 4.39 Å². The van der Waals surface area contributed by atoms with Gasteiger partial charge in [-0.1, -0.05) is 18.2 Å². The van der Waals surface area contributed by atoms with Crippen LogP contribution in [0.25, 0.3) is 0 Å². The first-order valence-corrected chi connectivity index (χ1v) is 5.84. The lowest BCUT2D eigenvalue weighted by molar-refractivity contribution is 0.435. The van der Waals surface area contributed by atoms with Gasteiger partial charge in [0.05, 0.1) is 0 Å². The summed E-state index contributed by atoms with van der Waals surface area (Å²) in [6, 6.07) is 6.94. The molecule has 2 nitrogen and oxygen atoms in total. The number of hydrogen-bond donors (Lipinski definition) is 2. The van der Waals surface area contributed by atoms with Crippen LogP contribution in [0.3, 0.4) is 0 Å². The first kappa shape index (κ1) is 11.6. The van der Waals surface area contributed by atoms with E-state index in [2.05, 4.69) is 10.6 Å². The van der Waals surface area contributed by atoms with E-state index < -0.39 is 0 Å². The fourth-order valence-corrected chi connectivity index (χ4v) is 2.07. The predicted molar refractivity (Wildman–Crippen MR) is 63.7 cm³/mol. The maximum absolute atomic E-state index is 13.3. The Bertz CT molecular complexity index is 348. The van der Waals surface area contributed by atoms with Gasteiger partial charge in [-0.15, -0.1) is 0 Å². The lowest BCUT2D eigenvalue weighted by atomic mass is 10.1. The van der Waals surface area contributed by atoms with Crippen LogP contribution >= 0.6 is 0 Å². The van der Waals surface area contributed by atoms with Crippen LogP contribution in [0.5, 0.6) is 0 Å². The van der Waals surface area contributed by atoms with Gasteiger partial charge in [-0.25, -0.2) is 4.39 Å². The summed E-state index contributed by atoms with van der Waals surface area (Å²) >= 11 is 0. The zero-order valence-corrected chi connectivity index (χ0v) is 9.72. The van der Waals surface area contributed by atoms with Gasteiger partial charge in [0.1, 0.15) is 5.82 Å². The van der Waals surface area contributed by atoms with Gasteiger partial charge in [-0.3, -0.25) is 0 Å². The molecule has 0 aromatic heterocycles. The fourth-order valence-electron chi connectivity index (χ4n) is 2.07. The summed E-state index contributed by atoms with van der Waals surface area (Å²) in [5, 5.41) is 6.57. The summed E-state index contributed by atoms with van der Waals surface area (Å²) in [6.07, 6.45) is 2.55. The number of hydrogen-bond acceptors (Lipinski definition) is 2. The standard InChI is InChI=1S/C13H19FN2/c1-15-9-13(6-7-13)10-16-8-11-4-2-3-5-12(11)14/h2-5,15-16H,6-10H2,1H3. The maximum atomic E-state index is 13.3. The molecule has 1 saturated carbocycles. The maximum Gasteiger partial charge on any atom is 0.127 e. The Morgan fingerprint density at radius 2 is 2.00 bits per heavy atom. The summed E-state index contributed by atoms with van der Waals surface area (Å²) in [5.74, 6) is -0.117. The molecular weight excluding hydrogens is 203 g/mol. The summed E-state index contributed by atoms with van der Waals surface area (Å²) in [7, 11) is 1.98. The second-order valence-electron chi connectivity index (χ2n) is 4.73. The predicted octanol–water partition coefficient (Wildman–Crippen LogP) is 1.91. The lowest BCUT2D eigenvalue weighted by Crippen LogP contribution is -2.31. The molecule has 0 atom stereocenters. The van der Waals surface area contributed by atoms with Crippen molar-refractivity contribution in [2.24, 2.45) is 5.41 Å². The third kappa shape index (κ3) is 2.80. The molecule has 2 rings (SSSR count). The number of rotatable bonds is 6. The van der Waals surface area contributed by atoms with Gasteiger partial charge in [0, 0.05) is 25.2 Å². The molecule has 1 fully saturated rings. The van der Waals surface area contributed by atoms with Crippen LogP contribution in [-0.2, 0) is 6.54 Å². The highest BCUT2D eigenvalue weighted by Gasteiger charge is 2.41. The minimum atomic E-state index is -0.117. The molecule has 0 saturated heterocycles. The average Bonchev–Trinajstić information content (AvgIpc) is 3.02. The van der Waals surface area contributed by atoms with E-state index in [1.807, 2.05) is 19.2 Å². The molecule has 1 aliphatic rings. The van der Waals surface area contributed by atoms with Crippen molar-refractivity contribution in [1.29, 1.82) is 0 Å². The largest absolute Gasteiger partial charge is 0.319 e. The van der Waals surface area contributed by atoms with Crippen LogP contribution < -0.4 is 10.6 Å². The van der Waals surface area contributed by atoms with Crippen molar-refractivity contribution in [3.05, 3.63) is 35.6 Å². The first-order chi connectivity index (χ1) is 7.76. The molecule has 1 aliphatic carbocycles. The van der Waals surface area contributed by atoms with Crippen molar-refractivity contribution >= 4 is 0 Å².